The highest BCUT2D eigenvalue weighted by molar-refractivity contribution is 5.94. The van der Waals surface area contributed by atoms with Crippen molar-refractivity contribution in [2.45, 2.75) is 74.8 Å². The zero-order chi connectivity index (χ0) is 30.5. The van der Waals surface area contributed by atoms with Crippen molar-refractivity contribution in [3.63, 3.8) is 0 Å². The van der Waals surface area contributed by atoms with Gasteiger partial charge in [0, 0.05) is 41.2 Å². The van der Waals surface area contributed by atoms with Crippen molar-refractivity contribution < 1.29 is 33.3 Å². The summed E-state index contributed by atoms with van der Waals surface area (Å²) in [4.78, 5) is 40.8. The number of rotatable bonds is 6. The van der Waals surface area contributed by atoms with Crippen LogP contribution < -0.4 is 0 Å². The van der Waals surface area contributed by atoms with E-state index in [1.165, 1.54) is 0 Å². The number of hydrogen-bond acceptors (Lipinski definition) is 7. The normalized spacial score (nSPS) is 46.5. The van der Waals surface area contributed by atoms with Crippen LogP contribution in [0.25, 0.3) is 0 Å². The molecule has 7 nitrogen and oxygen atoms in total. The molecule has 2 heterocycles. The first-order valence-corrected chi connectivity index (χ1v) is 15.8. The second kappa shape index (κ2) is 9.73. The lowest BCUT2D eigenvalue weighted by Crippen LogP contribution is -2.65. The smallest absolute Gasteiger partial charge is 0.334 e. The van der Waals surface area contributed by atoms with Crippen molar-refractivity contribution in [3.8, 4) is 0 Å². The first kappa shape index (κ1) is 28.7. The minimum Gasteiger partial charge on any atom is -0.458 e. The van der Waals surface area contributed by atoms with Gasteiger partial charge in [-0.15, -0.1) is 13.2 Å². The Morgan fingerprint density at radius 3 is 1.91 bits per heavy atom. The Hall–Kier alpha value is -3.03. The molecule has 0 aromatic rings. The van der Waals surface area contributed by atoms with E-state index < -0.39 is 28.8 Å². The van der Waals surface area contributed by atoms with Crippen LogP contribution in [-0.2, 0) is 33.3 Å². The first-order valence-electron chi connectivity index (χ1n) is 15.8. The van der Waals surface area contributed by atoms with Crippen LogP contribution in [0, 0.1) is 40.9 Å². The lowest BCUT2D eigenvalue weighted by molar-refractivity contribution is -0.237. The van der Waals surface area contributed by atoms with Crippen LogP contribution in [0.15, 0.2) is 73.9 Å². The minimum atomic E-state index is -1.12. The largest absolute Gasteiger partial charge is 0.458 e. The molecule has 0 amide bonds. The van der Waals surface area contributed by atoms with Gasteiger partial charge in [0.1, 0.15) is 29.2 Å². The van der Waals surface area contributed by atoms with Crippen molar-refractivity contribution in [2.75, 3.05) is 13.2 Å². The summed E-state index contributed by atoms with van der Waals surface area (Å²) in [6.07, 6.45) is 7.19. The highest BCUT2D eigenvalue weighted by Crippen LogP contribution is 2.76. The molecule has 228 valence electrons. The van der Waals surface area contributed by atoms with Gasteiger partial charge in [0.2, 0.25) is 0 Å². The van der Waals surface area contributed by atoms with Gasteiger partial charge in [0.15, 0.2) is 0 Å². The van der Waals surface area contributed by atoms with Gasteiger partial charge < -0.3 is 18.9 Å². The minimum absolute atomic E-state index is 0.109. The van der Waals surface area contributed by atoms with E-state index in [0.717, 1.165) is 24.0 Å². The lowest BCUT2D eigenvalue weighted by Gasteiger charge is -2.53. The van der Waals surface area contributed by atoms with E-state index in [9.17, 15) is 14.4 Å². The molecule has 5 aliphatic carbocycles. The number of fused-ring (bicyclic) bond motifs is 10. The molecule has 0 N–H and O–H groups in total. The zero-order valence-electron chi connectivity index (χ0n) is 24.9. The maximum atomic E-state index is 14.9. The molecule has 7 heteroatoms. The summed E-state index contributed by atoms with van der Waals surface area (Å²) in [6.45, 7) is 25.6. The molecule has 5 saturated carbocycles. The topological polar surface area (TPSA) is 88.1 Å². The Balaban J connectivity index is 1.47. The number of esters is 2. The molecule has 0 bridgehead atoms. The summed E-state index contributed by atoms with van der Waals surface area (Å²) < 4.78 is 26.4. The van der Waals surface area contributed by atoms with Crippen LogP contribution in [-0.4, -0.2) is 54.3 Å². The number of hydrogen-bond donors (Lipinski definition) is 0. The molecule has 1 unspecified atom stereocenters. The molecule has 7 fully saturated rings. The summed E-state index contributed by atoms with van der Waals surface area (Å²) >= 11 is 0. The molecular formula is C36H42O7. The summed E-state index contributed by atoms with van der Waals surface area (Å²) in [7, 11) is 0. The number of allylic oxidation sites excluding steroid dienone is 2. The van der Waals surface area contributed by atoms with Gasteiger partial charge in [-0.2, -0.15) is 0 Å². The van der Waals surface area contributed by atoms with Crippen LogP contribution in [0.1, 0.15) is 51.4 Å². The molecule has 7 rings (SSSR count). The molecule has 43 heavy (non-hydrogen) atoms. The fourth-order valence-electron chi connectivity index (χ4n) is 11.0. The Bertz CT molecular complexity index is 1390. The Labute approximate surface area is 253 Å². The molecule has 2 aliphatic heterocycles. The molecule has 7 aliphatic rings. The monoisotopic (exact) mass is 586 g/mol. The fourth-order valence-corrected chi connectivity index (χ4v) is 11.0. The van der Waals surface area contributed by atoms with Gasteiger partial charge in [0.25, 0.3) is 0 Å². The van der Waals surface area contributed by atoms with E-state index in [1.807, 2.05) is 0 Å². The standard InChI is InChI=1S/C36H42O7/c1-7-15-40-35-14-13-34(27(37)17-25-19(3)9-11-23-21(5)32(38)42-30(23)28(25)34)36(35,41-16-8-2)18-26-20(4)10-12-24-22(6)33(39)43-31(24)29(26)35/h7-8,23-26,28-31H,1-6,9-18H2/t23-,24-,25-,26-,28?,29-,30-,31-,34+,35-,36-/m0/s1. The third-order valence-electron chi connectivity index (χ3n) is 12.6. The summed E-state index contributed by atoms with van der Waals surface area (Å²) in [5.74, 6) is -1.88. The third-order valence-corrected chi connectivity index (χ3v) is 12.6. The third kappa shape index (κ3) is 3.41. The maximum absolute atomic E-state index is 14.9. The molecule has 0 aromatic heterocycles. The Morgan fingerprint density at radius 1 is 0.744 bits per heavy atom. The van der Waals surface area contributed by atoms with Crippen LogP contribution in [0.4, 0.5) is 0 Å². The predicted molar refractivity (Wildman–Crippen MR) is 159 cm³/mol. The van der Waals surface area contributed by atoms with E-state index in [1.54, 1.807) is 12.2 Å². The van der Waals surface area contributed by atoms with Gasteiger partial charge in [-0.1, -0.05) is 49.6 Å². The van der Waals surface area contributed by atoms with Crippen molar-refractivity contribution in [1.29, 1.82) is 0 Å². The summed E-state index contributed by atoms with van der Waals surface area (Å²) in [5.41, 5.74) is -0.0868. The maximum Gasteiger partial charge on any atom is 0.334 e. The number of Topliss-reactive ketones (excluding diaryl/α,β-unsaturated/α-hetero) is 1. The highest BCUT2D eigenvalue weighted by Gasteiger charge is 2.85. The lowest BCUT2D eigenvalue weighted by atomic mass is 9.59. The Kier molecular flexibility index (Phi) is 6.50. The average Bonchev–Trinajstić information content (AvgIpc) is 3.66. The van der Waals surface area contributed by atoms with E-state index in [0.29, 0.717) is 49.7 Å². The van der Waals surface area contributed by atoms with E-state index in [-0.39, 0.29) is 66.4 Å². The zero-order valence-corrected chi connectivity index (χ0v) is 24.9. The van der Waals surface area contributed by atoms with Crippen molar-refractivity contribution in [1.82, 2.24) is 0 Å². The molecule has 0 aromatic carbocycles. The van der Waals surface area contributed by atoms with Gasteiger partial charge in [-0.05, 0) is 56.8 Å². The second-order valence-corrected chi connectivity index (χ2v) is 13.9. The van der Waals surface area contributed by atoms with Crippen LogP contribution >= 0.6 is 0 Å². The predicted octanol–water partition coefficient (Wildman–Crippen LogP) is 5.39. The quantitative estimate of drug-likeness (QED) is 0.234. The number of carbonyl (C=O) groups is 3. The molecule has 0 radical (unpaired) electrons. The van der Waals surface area contributed by atoms with Crippen molar-refractivity contribution in [2.24, 2.45) is 40.9 Å². The molecule has 2 saturated heterocycles. The van der Waals surface area contributed by atoms with Crippen molar-refractivity contribution in [3.05, 3.63) is 73.9 Å². The summed E-state index contributed by atoms with van der Waals surface area (Å²) in [6, 6.07) is 0. The van der Waals surface area contributed by atoms with Gasteiger partial charge in [-0.25, -0.2) is 9.59 Å². The number of carbonyl (C=O) groups excluding carboxylic acids is 3. The average molecular weight is 587 g/mol. The van der Waals surface area contributed by atoms with Crippen LogP contribution in [0.2, 0.25) is 0 Å². The van der Waals surface area contributed by atoms with E-state index in [2.05, 4.69) is 39.5 Å². The van der Waals surface area contributed by atoms with Crippen molar-refractivity contribution >= 4 is 17.7 Å². The fraction of sp³-hybridized carbons (Fsp3) is 0.583. The first-order chi connectivity index (χ1) is 20.6. The van der Waals surface area contributed by atoms with Gasteiger partial charge in [0.05, 0.1) is 18.6 Å². The SMILES string of the molecule is C=CCO[C@]12C[C@H]3C(=C)CC[C@H]4C(=C)C(=O)O[C@@H]4[C@H]3[C@@]1(OCC=C)CC[C@]21C(=O)C[C@H]2C(=C)CC[C@H]3C(=C)C(=O)O[C@@H]3C21. The molecule has 1 spiro atoms. The summed E-state index contributed by atoms with van der Waals surface area (Å²) in [5, 5.41) is 0. The molecular weight excluding hydrogens is 544 g/mol. The molecule has 11 atom stereocenters. The van der Waals surface area contributed by atoms with E-state index in [4.69, 9.17) is 18.9 Å². The number of ketones is 1. The Morgan fingerprint density at radius 2 is 1.30 bits per heavy atom. The van der Waals surface area contributed by atoms with Crippen LogP contribution in [0.3, 0.4) is 0 Å². The van der Waals surface area contributed by atoms with Crippen LogP contribution in [0.5, 0.6) is 0 Å². The van der Waals surface area contributed by atoms with E-state index >= 15 is 0 Å². The van der Waals surface area contributed by atoms with Gasteiger partial charge in [-0.3, -0.25) is 4.79 Å². The number of ether oxygens (including phenoxy) is 4. The highest BCUT2D eigenvalue weighted by atomic mass is 16.6. The second-order valence-electron chi connectivity index (χ2n) is 13.9. The van der Waals surface area contributed by atoms with Gasteiger partial charge >= 0.3 is 11.9 Å².